The minimum absolute atomic E-state index is 0.121. The molecule has 0 saturated heterocycles. The van der Waals surface area contributed by atoms with Crippen molar-refractivity contribution in [2.24, 2.45) is 0 Å². The Labute approximate surface area is 134 Å². The van der Waals surface area contributed by atoms with Gasteiger partial charge in [-0.05, 0) is 48.0 Å². The van der Waals surface area contributed by atoms with E-state index in [1.54, 1.807) is 30.3 Å². The summed E-state index contributed by atoms with van der Waals surface area (Å²) < 4.78 is 15.8. The summed E-state index contributed by atoms with van der Waals surface area (Å²) in [7, 11) is 4.60. The number of ketones is 1. The number of benzene rings is 2. The number of hydrogen-bond donors (Lipinski definition) is 1. The Morgan fingerprint density at radius 3 is 2.00 bits per heavy atom. The van der Waals surface area contributed by atoms with Crippen LogP contribution in [-0.2, 0) is 0 Å². The van der Waals surface area contributed by atoms with E-state index in [4.69, 9.17) is 14.2 Å². The molecule has 5 heteroatoms. The third-order valence-corrected chi connectivity index (χ3v) is 3.27. The van der Waals surface area contributed by atoms with E-state index in [1.165, 1.54) is 39.5 Å². The average molecular weight is 314 g/mol. The van der Waals surface area contributed by atoms with Gasteiger partial charge in [0.2, 0.25) is 5.75 Å². The first-order chi connectivity index (χ1) is 11.1. The molecule has 2 aromatic carbocycles. The molecule has 0 aliphatic heterocycles. The predicted molar refractivity (Wildman–Crippen MR) is 87.6 cm³/mol. The number of carbonyl (C=O) groups is 1. The van der Waals surface area contributed by atoms with Crippen LogP contribution < -0.4 is 14.2 Å². The predicted octanol–water partition coefficient (Wildman–Crippen LogP) is 3.31. The highest BCUT2D eigenvalue weighted by Gasteiger charge is 2.12. The van der Waals surface area contributed by atoms with Crippen LogP contribution in [0.1, 0.15) is 15.9 Å². The first-order valence-corrected chi connectivity index (χ1v) is 6.90. The van der Waals surface area contributed by atoms with Crippen LogP contribution in [0.15, 0.2) is 42.5 Å². The van der Waals surface area contributed by atoms with E-state index in [2.05, 4.69) is 0 Å². The van der Waals surface area contributed by atoms with Gasteiger partial charge in [-0.15, -0.1) is 0 Å². The van der Waals surface area contributed by atoms with Gasteiger partial charge in [-0.3, -0.25) is 4.79 Å². The fraction of sp³-hybridized carbons (Fsp3) is 0.167. The minimum Gasteiger partial charge on any atom is -0.508 e. The zero-order valence-electron chi connectivity index (χ0n) is 13.2. The van der Waals surface area contributed by atoms with Crippen LogP contribution in [0.2, 0.25) is 0 Å². The zero-order chi connectivity index (χ0) is 16.8. The van der Waals surface area contributed by atoms with Crippen molar-refractivity contribution >= 4 is 11.9 Å². The average Bonchev–Trinajstić information content (AvgIpc) is 2.59. The second-order valence-electron chi connectivity index (χ2n) is 4.70. The van der Waals surface area contributed by atoms with Crippen molar-refractivity contribution in [3.63, 3.8) is 0 Å². The molecule has 0 radical (unpaired) electrons. The molecule has 0 bridgehead atoms. The minimum atomic E-state index is -0.168. The fourth-order valence-electron chi connectivity index (χ4n) is 2.09. The van der Waals surface area contributed by atoms with Gasteiger partial charge < -0.3 is 19.3 Å². The molecule has 5 nitrogen and oxygen atoms in total. The van der Waals surface area contributed by atoms with Gasteiger partial charge in [0.05, 0.1) is 21.3 Å². The van der Waals surface area contributed by atoms with Gasteiger partial charge >= 0.3 is 0 Å². The highest BCUT2D eigenvalue weighted by Crippen LogP contribution is 2.38. The molecule has 0 aliphatic carbocycles. The summed E-state index contributed by atoms with van der Waals surface area (Å²) in [6, 6.07) is 9.58. The molecule has 2 rings (SSSR count). The molecule has 0 heterocycles. The summed E-state index contributed by atoms with van der Waals surface area (Å²) in [6.45, 7) is 0. The van der Waals surface area contributed by atoms with Crippen LogP contribution >= 0.6 is 0 Å². The molecule has 0 aromatic heterocycles. The van der Waals surface area contributed by atoms with Gasteiger partial charge in [0, 0.05) is 5.56 Å². The fourth-order valence-corrected chi connectivity index (χ4v) is 2.09. The third kappa shape index (κ3) is 3.83. The molecular formula is C18H18O5. The quantitative estimate of drug-likeness (QED) is 0.654. The summed E-state index contributed by atoms with van der Waals surface area (Å²) in [5, 5.41) is 9.24. The molecular weight excluding hydrogens is 296 g/mol. The summed E-state index contributed by atoms with van der Waals surface area (Å²) >= 11 is 0. The van der Waals surface area contributed by atoms with Gasteiger partial charge in [-0.2, -0.15) is 0 Å². The lowest BCUT2D eigenvalue weighted by molar-refractivity contribution is 0.104. The molecule has 0 fully saturated rings. The number of carbonyl (C=O) groups excluding carboxylic acids is 1. The molecule has 2 aromatic rings. The van der Waals surface area contributed by atoms with Crippen molar-refractivity contribution in [3.05, 3.63) is 53.6 Å². The van der Waals surface area contributed by atoms with Crippen LogP contribution in [0.3, 0.4) is 0 Å². The number of ether oxygens (including phenoxy) is 3. The van der Waals surface area contributed by atoms with E-state index in [-0.39, 0.29) is 11.5 Å². The van der Waals surface area contributed by atoms with E-state index in [1.807, 2.05) is 0 Å². The molecule has 120 valence electrons. The number of phenolic OH excluding ortho intramolecular Hbond substituents is 1. The molecule has 0 atom stereocenters. The molecule has 0 aliphatic rings. The Morgan fingerprint density at radius 1 is 0.957 bits per heavy atom. The van der Waals surface area contributed by atoms with E-state index in [0.717, 1.165) is 5.56 Å². The summed E-state index contributed by atoms with van der Waals surface area (Å²) in [5.74, 6) is 1.48. The summed E-state index contributed by atoms with van der Waals surface area (Å²) in [5.41, 5.74) is 1.23. The van der Waals surface area contributed by atoms with Gasteiger partial charge in [-0.1, -0.05) is 6.08 Å². The second kappa shape index (κ2) is 7.35. The van der Waals surface area contributed by atoms with Crippen molar-refractivity contribution in [2.45, 2.75) is 0 Å². The van der Waals surface area contributed by atoms with Crippen LogP contribution in [0.5, 0.6) is 23.0 Å². The number of phenols is 1. The van der Waals surface area contributed by atoms with Gasteiger partial charge in [0.1, 0.15) is 5.75 Å². The van der Waals surface area contributed by atoms with Gasteiger partial charge in [0.25, 0.3) is 0 Å². The number of rotatable bonds is 6. The van der Waals surface area contributed by atoms with Crippen molar-refractivity contribution in [1.29, 1.82) is 0 Å². The smallest absolute Gasteiger partial charge is 0.203 e. The molecule has 0 amide bonds. The normalized spacial score (nSPS) is 10.6. The number of hydrogen-bond acceptors (Lipinski definition) is 5. The topological polar surface area (TPSA) is 65.0 Å². The van der Waals surface area contributed by atoms with E-state index < -0.39 is 0 Å². The van der Waals surface area contributed by atoms with Crippen molar-refractivity contribution in [1.82, 2.24) is 0 Å². The monoisotopic (exact) mass is 314 g/mol. The maximum absolute atomic E-state index is 12.1. The van der Waals surface area contributed by atoms with Crippen molar-refractivity contribution < 1.29 is 24.1 Å². The molecule has 0 unspecified atom stereocenters. The number of methoxy groups -OCH3 is 3. The standard InChI is InChI=1S/C18H18O5/c1-21-16-10-12(11-17(22-2)18(16)23-3)4-9-15(20)13-5-7-14(19)8-6-13/h4-11,19H,1-3H3. The Hall–Kier alpha value is -2.95. The highest BCUT2D eigenvalue weighted by molar-refractivity contribution is 6.06. The first kappa shape index (κ1) is 16.4. The van der Waals surface area contributed by atoms with Crippen LogP contribution in [0.4, 0.5) is 0 Å². The number of allylic oxidation sites excluding steroid dienone is 1. The zero-order valence-corrected chi connectivity index (χ0v) is 13.2. The van der Waals surface area contributed by atoms with Crippen LogP contribution in [-0.4, -0.2) is 32.2 Å². The maximum Gasteiger partial charge on any atom is 0.203 e. The highest BCUT2D eigenvalue weighted by atomic mass is 16.5. The van der Waals surface area contributed by atoms with Crippen LogP contribution in [0.25, 0.3) is 6.08 Å². The summed E-state index contributed by atoms with van der Waals surface area (Å²) in [6.07, 6.45) is 3.12. The molecule has 23 heavy (non-hydrogen) atoms. The second-order valence-corrected chi connectivity index (χ2v) is 4.70. The summed E-state index contributed by atoms with van der Waals surface area (Å²) in [4.78, 5) is 12.1. The third-order valence-electron chi connectivity index (χ3n) is 3.27. The molecule has 0 spiro atoms. The van der Waals surface area contributed by atoms with Gasteiger partial charge in [0.15, 0.2) is 17.3 Å². The number of aromatic hydroxyl groups is 1. The lowest BCUT2D eigenvalue weighted by Gasteiger charge is -2.12. The maximum atomic E-state index is 12.1. The van der Waals surface area contributed by atoms with E-state index in [9.17, 15) is 9.90 Å². The Balaban J connectivity index is 2.28. The van der Waals surface area contributed by atoms with Crippen molar-refractivity contribution in [3.8, 4) is 23.0 Å². The van der Waals surface area contributed by atoms with Gasteiger partial charge in [-0.25, -0.2) is 0 Å². The van der Waals surface area contributed by atoms with E-state index >= 15 is 0 Å². The molecule has 0 saturated carbocycles. The Morgan fingerprint density at radius 2 is 1.52 bits per heavy atom. The lowest BCUT2D eigenvalue weighted by atomic mass is 10.1. The lowest BCUT2D eigenvalue weighted by Crippen LogP contribution is -1.96. The SMILES string of the molecule is COc1cc(C=CC(=O)c2ccc(O)cc2)cc(OC)c1OC. The van der Waals surface area contributed by atoms with Crippen molar-refractivity contribution in [2.75, 3.05) is 21.3 Å². The van der Waals surface area contributed by atoms with E-state index in [0.29, 0.717) is 22.8 Å². The first-order valence-electron chi connectivity index (χ1n) is 6.90. The Bertz CT molecular complexity index is 692. The largest absolute Gasteiger partial charge is 0.508 e. The Kier molecular flexibility index (Phi) is 5.25. The molecule has 1 N–H and O–H groups in total. The van der Waals surface area contributed by atoms with Crippen LogP contribution in [0, 0.1) is 0 Å².